The lowest BCUT2D eigenvalue weighted by Gasteiger charge is -2.23. The van der Waals surface area contributed by atoms with Crippen LogP contribution < -0.4 is 4.90 Å². The highest BCUT2D eigenvalue weighted by atomic mass is 16.4. The smallest absolute Gasteiger partial charge is 0.335 e. The van der Waals surface area contributed by atoms with Gasteiger partial charge in [-0.3, -0.25) is 4.79 Å². The molecule has 1 rings (SSSR count). The lowest BCUT2D eigenvalue weighted by molar-refractivity contribution is -0.121. The number of anilines is 1. The first-order chi connectivity index (χ1) is 8.47. The van der Waals surface area contributed by atoms with Crippen molar-refractivity contribution in [3.05, 3.63) is 29.8 Å². The molecule has 5 nitrogen and oxygen atoms in total. The van der Waals surface area contributed by atoms with Crippen LogP contribution in [0.3, 0.4) is 0 Å². The first kappa shape index (κ1) is 14.2. The van der Waals surface area contributed by atoms with Crippen LogP contribution in [-0.2, 0) is 4.79 Å². The summed E-state index contributed by atoms with van der Waals surface area (Å²) in [7, 11) is 0. The Morgan fingerprint density at radius 1 is 1.22 bits per heavy atom. The number of carboxylic acids is 1. The van der Waals surface area contributed by atoms with Gasteiger partial charge in [0.25, 0.3) is 0 Å². The van der Waals surface area contributed by atoms with Crippen molar-refractivity contribution in [1.29, 1.82) is 0 Å². The van der Waals surface area contributed by atoms with Gasteiger partial charge in [0, 0.05) is 18.2 Å². The summed E-state index contributed by atoms with van der Waals surface area (Å²) in [6, 6.07) is 6.02. The minimum atomic E-state index is -1.01. The molecular weight excluding hydrogens is 234 g/mol. The number of carboxylic acid groups (broad SMARTS) is 1. The number of carbonyl (C=O) groups is 2. The third-order valence-electron chi connectivity index (χ3n) is 2.51. The van der Waals surface area contributed by atoms with Crippen molar-refractivity contribution < 1.29 is 19.8 Å². The average molecular weight is 251 g/mol. The van der Waals surface area contributed by atoms with E-state index in [1.807, 2.05) is 0 Å². The van der Waals surface area contributed by atoms with E-state index in [0.29, 0.717) is 5.69 Å². The Bertz CT molecular complexity index is 425. The Morgan fingerprint density at radius 2 is 1.78 bits per heavy atom. The molecule has 5 heteroatoms. The summed E-state index contributed by atoms with van der Waals surface area (Å²) in [6.45, 7) is 3.61. The Morgan fingerprint density at radius 3 is 2.17 bits per heavy atom. The zero-order valence-electron chi connectivity index (χ0n) is 10.5. The van der Waals surface area contributed by atoms with Crippen LogP contribution in [-0.4, -0.2) is 35.2 Å². The van der Waals surface area contributed by atoms with E-state index in [1.165, 1.54) is 17.0 Å². The maximum atomic E-state index is 12.0. The molecule has 1 aromatic carbocycles. The highest BCUT2D eigenvalue weighted by molar-refractivity contribution is 5.95. The first-order valence-corrected chi connectivity index (χ1v) is 5.73. The molecule has 1 amide bonds. The van der Waals surface area contributed by atoms with E-state index in [9.17, 15) is 9.59 Å². The highest BCUT2D eigenvalue weighted by Gasteiger charge is 2.18. The van der Waals surface area contributed by atoms with Gasteiger partial charge in [-0.25, -0.2) is 4.79 Å². The largest absolute Gasteiger partial charge is 0.478 e. The summed E-state index contributed by atoms with van der Waals surface area (Å²) in [4.78, 5) is 24.1. The molecule has 0 fully saturated rings. The molecule has 0 aliphatic carbocycles. The van der Waals surface area contributed by atoms with Crippen molar-refractivity contribution in [3.8, 4) is 0 Å². The topological polar surface area (TPSA) is 77.8 Å². The fourth-order valence-electron chi connectivity index (χ4n) is 1.56. The number of aliphatic hydroxyl groups is 1. The van der Waals surface area contributed by atoms with Crippen LogP contribution in [0.2, 0.25) is 0 Å². The fourth-order valence-corrected chi connectivity index (χ4v) is 1.56. The molecule has 0 bridgehead atoms. The lowest BCUT2D eigenvalue weighted by Crippen LogP contribution is -2.36. The number of amides is 1. The number of aromatic carboxylic acids is 1. The molecule has 0 heterocycles. The normalized spacial score (nSPS) is 10.4. The van der Waals surface area contributed by atoms with Gasteiger partial charge >= 0.3 is 5.97 Å². The monoisotopic (exact) mass is 251 g/mol. The second kappa shape index (κ2) is 6.16. The molecule has 0 aliphatic heterocycles. The summed E-state index contributed by atoms with van der Waals surface area (Å²) < 4.78 is 0. The second-order valence-electron chi connectivity index (χ2n) is 4.22. The zero-order chi connectivity index (χ0) is 13.7. The zero-order valence-corrected chi connectivity index (χ0v) is 10.5. The summed E-state index contributed by atoms with van der Waals surface area (Å²) in [5, 5.41) is 17.8. The van der Waals surface area contributed by atoms with Crippen LogP contribution in [0.15, 0.2) is 24.3 Å². The van der Waals surface area contributed by atoms with Crippen LogP contribution in [0.4, 0.5) is 5.69 Å². The average Bonchev–Trinajstić information content (AvgIpc) is 2.35. The van der Waals surface area contributed by atoms with Crippen LogP contribution in [0.5, 0.6) is 0 Å². The van der Waals surface area contributed by atoms with Gasteiger partial charge in [-0.05, 0) is 24.3 Å². The molecule has 98 valence electrons. The molecule has 0 atom stereocenters. The number of benzene rings is 1. The van der Waals surface area contributed by atoms with Crippen LogP contribution >= 0.6 is 0 Å². The maximum Gasteiger partial charge on any atom is 0.335 e. The van der Waals surface area contributed by atoms with Gasteiger partial charge in [0.05, 0.1) is 12.2 Å². The van der Waals surface area contributed by atoms with Gasteiger partial charge in [0.2, 0.25) is 5.91 Å². The molecule has 0 saturated heterocycles. The summed E-state index contributed by atoms with van der Waals surface area (Å²) >= 11 is 0. The maximum absolute atomic E-state index is 12.0. The predicted octanol–water partition coefficient (Wildman–Crippen LogP) is 1.37. The van der Waals surface area contributed by atoms with E-state index in [-0.39, 0.29) is 30.5 Å². The standard InChI is InChI=1S/C13H17NO4/c1-9(2)12(16)14(7-8-15)11-5-3-10(4-6-11)13(17)18/h3-6,9,15H,7-8H2,1-2H3,(H,17,18). The van der Waals surface area contributed by atoms with Crippen LogP contribution in [0.1, 0.15) is 24.2 Å². The summed E-state index contributed by atoms with van der Waals surface area (Å²) in [6.07, 6.45) is 0. The summed E-state index contributed by atoms with van der Waals surface area (Å²) in [5.41, 5.74) is 0.757. The third-order valence-corrected chi connectivity index (χ3v) is 2.51. The molecule has 18 heavy (non-hydrogen) atoms. The van der Waals surface area contributed by atoms with E-state index in [2.05, 4.69) is 0 Å². The molecule has 0 radical (unpaired) electrons. The SMILES string of the molecule is CC(C)C(=O)N(CCO)c1ccc(C(=O)O)cc1. The number of carbonyl (C=O) groups excluding carboxylic acids is 1. The van der Waals surface area contributed by atoms with E-state index < -0.39 is 5.97 Å². The van der Waals surface area contributed by atoms with E-state index in [0.717, 1.165) is 0 Å². The van der Waals surface area contributed by atoms with Crippen molar-refractivity contribution in [2.75, 3.05) is 18.1 Å². The first-order valence-electron chi connectivity index (χ1n) is 5.73. The Kier molecular flexibility index (Phi) is 4.85. The number of hydrogen-bond donors (Lipinski definition) is 2. The van der Waals surface area contributed by atoms with Gasteiger partial charge in [-0.1, -0.05) is 13.8 Å². The third kappa shape index (κ3) is 3.30. The van der Waals surface area contributed by atoms with Crippen molar-refractivity contribution >= 4 is 17.6 Å². The molecule has 1 aromatic rings. The highest BCUT2D eigenvalue weighted by Crippen LogP contribution is 2.17. The van der Waals surface area contributed by atoms with Gasteiger partial charge in [0.15, 0.2) is 0 Å². The number of rotatable bonds is 5. The molecule has 0 saturated carbocycles. The molecule has 0 spiro atoms. The van der Waals surface area contributed by atoms with Crippen molar-refractivity contribution in [2.24, 2.45) is 5.92 Å². The van der Waals surface area contributed by atoms with Gasteiger partial charge in [-0.2, -0.15) is 0 Å². The molecule has 0 aliphatic rings. The molecule has 0 aromatic heterocycles. The van der Waals surface area contributed by atoms with Crippen LogP contribution in [0.25, 0.3) is 0 Å². The van der Waals surface area contributed by atoms with Crippen LogP contribution in [0, 0.1) is 5.92 Å². The van der Waals surface area contributed by atoms with Gasteiger partial charge in [0.1, 0.15) is 0 Å². The second-order valence-corrected chi connectivity index (χ2v) is 4.22. The van der Waals surface area contributed by atoms with Gasteiger partial charge < -0.3 is 15.1 Å². The predicted molar refractivity (Wildman–Crippen MR) is 67.7 cm³/mol. The molecule has 0 unspecified atom stereocenters. The molecule has 2 N–H and O–H groups in total. The number of hydrogen-bond acceptors (Lipinski definition) is 3. The molecular formula is C13H17NO4. The van der Waals surface area contributed by atoms with Crippen molar-refractivity contribution in [2.45, 2.75) is 13.8 Å². The van der Waals surface area contributed by atoms with Gasteiger partial charge in [-0.15, -0.1) is 0 Å². The minimum Gasteiger partial charge on any atom is -0.478 e. The quantitative estimate of drug-likeness (QED) is 0.828. The lowest BCUT2D eigenvalue weighted by atomic mass is 10.1. The Labute approximate surface area is 106 Å². The van der Waals surface area contributed by atoms with Crippen molar-refractivity contribution in [1.82, 2.24) is 0 Å². The van der Waals surface area contributed by atoms with Crippen molar-refractivity contribution in [3.63, 3.8) is 0 Å². The Hall–Kier alpha value is -1.88. The van der Waals surface area contributed by atoms with E-state index in [1.54, 1.807) is 26.0 Å². The number of nitrogens with zero attached hydrogens (tertiary/aromatic N) is 1. The summed E-state index contributed by atoms with van der Waals surface area (Å²) in [5.74, 6) is -1.30. The van der Waals surface area contributed by atoms with E-state index in [4.69, 9.17) is 10.2 Å². The number of aliphatic hydroxyl groups excluding tert-OH is 1. The fraction of sp³-hybridized carbons (Fsp3) is 0.385. The van der Waals surface area contributed by atoms with E-state index >= 15 is 0 Å². The minimum absolute atomic E-state index is 0.105. The Balaban J connectivity index is 2.99.